The second kappa shape index (κ2) is 6.29. The molecule has 1 rings (SSSR count). The maximum Gasteiger partial charge on any atom is 0.416 e. The summed E-state index contributed by atoms with van der Waals surface area (Å²) in [5.74, 6) is 0. The summed E-state index contributed by atoms with van der Waals surface area (Å²) in [4.78, 5) is 3.80. The number of hydrogen-bond donors (Lipinski definition) is 0. The van der Waals surface area contributed by atoms with Gasteiger partial charge in [-0.25, -0.2) is 4.99 Å². The first-order valence-corrected chi connectivity index (χ1v) is 5.51. The number of nitrogens with zero attached hydrogens (tertiary/aromatic N) is 2. The summed E-state index contributed by atoms with van der Waals surface area (Å²) in [5.41, 5.74) is -0.348. The van der Waals surface area contributed by atoms with Gasteiger partial charge in [0.05, 0.1) is 22.8 Å². The van der Waals surface area contributed by atoms with Crippen LogP contribution in [0.25, 0.3) is 0 Å². The molecule has 94 valence electrons. The predicted octanol–water partition coefficient (Wildman–Crippen LogP) is 4.15. The number of aliphatic imine (C=N–C) groups is 1. The zero-order chi connectivity index (χ0) is 13.6. The topological polar surface area (TPSA) is 36.1 Å². The van der Waals surface area contributed by atoms with Gasteiger partial charge in [0.25, 0.3) is 0 Å². The Bertz CT molecular complexity index is 499. The lowest BCUT2D eigenvalue weighted by Gasteiger charge is -2.12. The minimum absolute atomic E-state index is 0.196. The largest absolute Gasteiger partial charge is 0.416 e. The van der Waals surface area contributed by atoms with Gasteiger partial charge >= 0.3 is 6.18 Å². The first-order chi connectivity index (χ1) is 8.49. The number of isothiocyanates is 1. The summed E-state index contributed by atoms with van der Waals surface area (Å²) in [6, 6.07) is 6.24. The molecule has 0 bridgehead atoms. The number of hydrogen-bond acceptors (Lipinski definition) is 3. The Morgan fingerprint density at radius 1 is 1.39 bits per heavy atom. The number of alkyl halides is 3. The van der Waals surface area contributed by atoms with Crippen LogP contribution in [0.15, 0.2) is 29.3 Å². The second-order valence-corrected chi connectivity index (χ2v) is 3.74. The molecular formula is C12H9F3N2S. The van der Waals surface area contributed by atoms with Gasteiger partial charge in [-0.2, -0.15) is 18.4 Å². The Kier molecular flexibility index (Phi) is 5.02. The van der Waals surface area contributed by atoms with Crippen molar-refractivity contribution in [1.29, 1.82) is 5.26 Å². The van der Waals surface area contributed by atoms with Crippen LogP contribution in [0.2, 0.25) is 0 Å². The number of benzene rings is 1. The maximum atomic E-state index is 12.5. The average molecular weight is 270 g/mol. The summed E-state index contributed by atoms with van der Waals surface area (Å²) in [5, 5.41) is 10.6. The minimum atomic E-state index is -4.39. The lowest BCUT2D eigenvalue weighted by Crippen LogP contribution is -2.06. The fraction of sp³-hybridized carbons (Fsp3) is 0.333. The Morgan fingerprint density at radius 2 is 2.11 bits per heavy atom. The van der Waals surface area contributed by atoms with E-state index in [4.69, 9.17) is 5.26 Å². The number of nitriles is 1. The van der Waals surface area contributed by atoms with Crippen molar-refractivity contribution in [1.82, 2.24) is 0 Å². The van der Waals surface area contributed by atoms with Crippen LogP contribution < -0.4 is 0 Å². The van der Waals surface area contributed by atoms with Crippen molar-refractivity contribution >= 4 is 17.4 Å². The zero-order valence-corrected chi connectivity index (χ0v) is 10.1. The van der Waals surface area contributed by atoms with E-state index in [9.17, 15) is 13.2 Å². The summed E-state index contributed by atoms with van der Waals surface area (Å²) >= 11 is 4.46. The summed E-state index contributed by atoms with van der Waals surface area (Å²) < 4.78 is 37.6. The van der Waals surface area contributed by atoms with E-state index in [1.807, 2.05) is 6.07 Å². The molecule has 0 spiro atoms. The molecular weight excluding hydrogens is 261 g/mol. The molecule has 2 nitrogen and oxygen atoms in total. The molecule has 1 aromatic rings. The van der Waals surface area contributed by atoms with Gasteiger partial charge in [0.2, 0.25) is 0 Å². The van der Waals surface area contributed by atoms with Gasteiger partial charge in [0.15, 0.2) is 0 Å². The van der Waals surface area contributed by atoms with Crippen LogP contribution in [0.4, 0.5) is 13.2 Å². The van der Waals surface area contributed by atoms with Crippen molar-refractivity contribution in [2.45, 2.75) is 25.1 Å². The molecule has 0 amide bonds. The Hall–Kier alpha value is -1.70. The van der Waals surface area contributed by atoms with Crippen LogP contribution >= 0.6 is 12.2 Å². The van der Waals surface area contributed by atoms with E-state index >= 15 is 0 Å². The lowest BCUT2D eigenvalue weighted by molar-refractivity contribution is -0.137. The van der Waals surface area contributed by atoms with Gasteiger partial charge in [-0.3, -0.25) is 0 Å². The van der Waals surface area contributed by atoms with E-state index in [1.165, 1.54) is 12.1 Å². The third kappa shape index (κ3) is 3.95. The molecule has 0 radical (unpaired) electrons. The Labute approximate surface area is 108 Å². The van der Waals surface area contributed by atoms with Gasteiger partial charge in [-0.05, 0) is 36.3 Å². The van der Waals surface area contributed by atoms with Crippen molar-refractivity contribution in [3.8, 4) is 6.07 Å². The van der Waals surface area contributed by atoms with Crippen LogP contribution in [0, 0.1) is 11.3 Å². The molecule has 0 aromatic heterocycles. The second-order valence-electron chi connectivity index (χ2n) is 3.56. The molecule has 0 aliphatic heterocycles. The molecule has 0 N–H and O–H groups in total. The third-order valence-corrected chi connectivity index (χ3v) is 2.44. The van der Waals surface area contributed by atoms with Crippen LogP contribution in [-0.2, 0) is 6.18 Å². The van der Waals surface area contributed by atoms with E-state index in [0.29, 0.717) is 12.0 Å². The SMILES string of the molecule is N#CCCC(N=C=S)c1cccc(C(F)(F)F)c1. The third-order valence-electron chi connectivity index (χ3n) is 2.34. The van der Waals surface area contributed by atoms with E-state index in [1.54, 1.807) is 0 Å². The highest BCUT2D eigenvalue weighted by molar-refractivity contribution is 7.78. The molecule has 0 saturated carbocycles. The fourth-order valence-corrected chi connectivity index (χ4v) is 1.62. The lowest BCUT2D eigenvalue weighted by atomic mass is 10.0. The zero-order valence-electron chi connectivity index (χ0n) is 9.24. The predicted molar refractivity (Wildman–Crippen MR) is 64.1 cm³/mol. The van der Waals surface area contributed by atoms with Crippen LogP contribution in [0.5, 0.6) is 0 Å². The summed E-state index contributed by atoms with van der Waals surface area (Å²) in [6.07, 6.45) is -3.87. The molecule has 0 saturated heterocycles. The average Bonchev–Trinajstić information content (AvgIpc) is 2.33. The van der Waals surface area contributed by atoms with Crippen molar-refractivity contribution in [3.05, 3.63) is 35.4 Å². The molecule has 1 aromatic carbocycles. The van der Waals surface area contributed by atoms with Crippen LogP contribution in [0.1, 0.15) is 30.0 Å². The van der Waals surface area contributed by atoms with Gasteiger partial charge in [0, 0.05) is 6.42 Å². The molecule has 0 aliphatic carbocycles. The maximum absolute atomic E-state index is 12.5. The quantitative estimate of drug-likeness (QED) is 0.608. The summed E-state index contributed by atoms with van der Waals surface area (Å²) in [7, 11) is 0. The molecule has 18 heavy (non-hydrogen) atoms. The molecule has 1 atom stereocenters. The smallest absolute Gasteiger partial charge is 0.224 e. The molecule has 1 unspecified atom stereocenters. The van der Waals surface area contributed by atoms with Gasteiger partial charge in [-0.1, -0.05) is 12.1 Å². The Balaban J connectivity index is 3.06. The van der Waals surface area contributed by atoms with E-state index in [0.717, 1.165) is 12.1 Å². The highest BCUT2D eigenvalue weighted by Crippen LogP contribution is 2.32. The van der Waals surface area contributed by atoms with Crippen molar-refractivity contribution < 1.29 is 13.2 Å². The van der Waals surface area contributed by atoms with Crippen molar-refractivity contribution in [2.24, 2.45) is 4.99 Å². The van der Waals surface area contributed by atoms with Crippen LogP contribution in [0.3, 0.4) is 0 Å². The normalized spacial score (nSPS) is 12.3. The monoisotopic (exact) mass is 270 g/mol. The Morgan fingerprint density at radius 3 is 2.67 bits per heavy atom. The first-order valence-electron chi connectivity index (χ1n) is 5.10. The highest BCUT2D eigenvalue weighted by atomic mass is 32.1. The highest BCUT2D eigenvalue weighted by Gasteiger charge is 2.30. The molecule has 0 heterocycles. The minimum Gasteiger partial charge on any atom is -0.224 e. The standard InChI is InChI=1S/C12H9F3N2S/c13-12(14,15)10-4-1-3-9(7-10)11(17-8-18)5-2-6-16/h1,3-4,7,11H,2,5H2. The van der Waals surface area contributed by atoms with Crippen molar-refractivity contribution in [3.63, 3.8) is 0 Å². The molecule has 0 aliphatic rings. The van der Waals surface area contributed by atoms with Gasteiger partial charge in [0.1, 0.15) is 0 Å². The van der Waals surface area contributed by atoms with Gasteiger partial charge < -0.3 is 0 Å². The molecule has 0 fully saturated rings. The van der Waals surface area contributed by atoms with E-state index < -0.39 is 17.8 Å². The number of halogens is 3. The fourth-order valence-electron chi connectivity index (χ4n) is 1.49. The van der Waals surface area contributed by atoms with Gasteiger partial charge in [-0.15, -0.1) is 0 Å². The first kappa shape index (κ1) is 14.4. The van der Waals surface area contributed by atoms with Crippen molar-refractivity contribution in [2.75, 3.05) is 0 Å². The van der Waals surface area contributed by atoms with Crippen LogP contribution in [-0.4, -0.2) is 5.16 Å². The number of thiocarbonyl (C=S) groups is 1. The number of rotatable bonds is 4. The van der Waals surface area contributed by atoms with E-state index in [-0.39, 0.29) is 6.42 Å². The van der Waals surface area contributed by atoms with E-state index in [2.05, 4.69) is 22.4 Å². The summed E-state index contributed by atoms with van der Waals surface area (Å²) in [6.45, 7) is 0. The molecule has 6 heteroatoms.